The molecule has 0 unspecified atom stereocenters. The number of rotatable bonds is 7. The zero-order chi connectivity index (χ0) is 23.5. The van der Waals surface area contributed by atoms with Crippen LogP contribution in [0.25, 0.3) is 0 Å². The van der Waals surface area contributed by atoms with E-state index in [9.17, 15) is 19.6 Å². The molecule has 8 heteroatoms. The maximum absolute atomic E-state index is 12.7. The Morgan fingerprint density at radius 1 is 1.22 bits per heavy atom. The first kappa shape index (κ1) is 23.5. The number of hydrogen-bond acceptors (Lipinski definition) is 7. The van der Waals surface area contributed by atoms with Crippen molar-refractivity contribution in [3.63, 3.8) is 0 Å². The van der Waals surface area contributed by atoms with Gasteiger partial charge in [-0.1, -0.05) is 20.8 Å². The molecule has 1 amide bonds. The molecule has 1 aliphatic rings. The van der Waals surface area contributed by atoms with Crippen LogP contribution in [0.2, 0.25) is 0 Å². The van der Waals surface area contributed by atoms with Gasteiger partial charge in [-0.15, -0.1) is 11.8 Å². The van der Waals surface area contributed by atoms with Gasteiger partial charge in [0.15, 0.2) is 12.4 Å². The van der Waals surface area contributed by atoms with Crippen molar-refractivity contribution < 1.29 is 19.1 Å². The molecule has 0 radical (unpaired) electrons. The van der Waals surface area contributed by atoms with Crippen molar-refractivity contribution in [2.24, 2.45) is 5.41 Å². The summed E-state index contributed by atoms with van der Waals surface area (Å²) >= 11 is 1.30. The Balaban J connectivity index is 1.67. The number of thioether (sulfide) groups is 1. The summed E-state index contributed by atoms with van der Waals surface area (Å²) < 4.78 is 5.23. The van der Waals surface area contributed by atoms with Gasteiger partial charge in [0, 0.05) is 28.3 Å². The van der Waals surface area contributed by atoms with Gasteiger partial charge >= 0.3 is 5.97 Å². The first-order valence-corrected chi connectivity index (χ1v) is 11.5. The molecule has 1 N–H and O–H groups in total. The molecule has 3 rings (SSSR count). The quantitative estimate of drug-likeness (QED) is 0.373. The van der Waals surface area contributed by atoms with Gasteiger partial charge in [0.05, 0.1) is 11.1 Å². The number of Topliss-reactive ketones (excluding diaryl/α,β-unsaturated/α-hetero) is 1. The van der Waals surface area contributed by atoms with Crippen molar-refractivity contribution in [3.05, 3.63) is 52.7 Å². The normalized spacial score (nSPS) is 13.2. The third-order valence-electron chi connectivity index (χ3n) is 5.01. The molecule has 0 aliphatic heterocycles. The summed E-state index contributed by atoms with van der Waals surface area (Å²) in [6.45, 7) is 4.98. The lowest BCUT2D eigenvalue weighted by atomic mass is 9.95. The number of esters is 1. The number of ketones is 1. The minimum Gasteiger partial charge on any atom is -0.454 e. The SMILES string of the molecule is CSc1nc(C2CC2)cc(C(=O)OCC(=O)c2ccc(NC(=O)C(C)(C)C)cc2)c1C#N. The molecule has 1 heterocycles. The number of carbonyl (C=O) groups is 3. The highest BCUT2D eigenvalue weighted by molar-refractivity contribution is 7.98. The summed E-state index contributed by atoms with van der Waals surface area (Å²) in [6.07, 6.45) is 3.81. The zero-order valence-corrected chi connectivity index (χ0v) is 19.3. The van der Waals surface area contributed by atoms with Crippen molar-refractivity contribution in [2.45, 2.75) is 44.6 Å². The standard InChI is InChI=1S/C24H25N3O4S/c1-24(2,3)23(30)26-16-9-7-15(8-10-16)20(28)13-31-22(29)17-11-19(14-5-6-14)27-21(32-4)18(17)12-25/h7-11,14H,5-6,13H2,1-4H3,(H,26,30). The van der Waals surface area contributed by atoms with E-state index in [0.717, 1.165) is 18.5 Å². The first-order valence-electron chi connectivity index (χ1n) is 10.2. The lowest BCUT2D eigenvalue weighted by molar-refractivity contribution is -0.123. The summed E-state index contributed by atoms with van der Waals surface area (Å²) in [5.41, 5.74) is 1.48. The van der Waals surface area contributed by atoms with E-state index in [1.165, 1.54) is 11.8 Å². The highest BCUT2D eigenvalue weighted by Crippen LogP contribution is 2.40. The first-order chi connectivity index (χ1) is 15.1. The summed E-state index contributed by atoms with van der Waals surface area (Å²) in [5, 5.41) is 12.8. The Morgan fingerprint density at radius 3 is 2.41 bits per heavy atom. The van der Waals surface area contributed by atoms with Gasteiger partial charge in [-0.2, -0.15) is 5.26 Å². The van der Waals surface area contributed by atoms with E-state index in [-0.39, 0.29) is 22.8 Å². The van der Waals surface area contributed by atoms with Crippen molar-refractivity contribution in [2.75, 3.05) is 18.2 Å². The average molecular weight is 452 g/mol. The lowest BCUT2D eigenvalue weighted by Crippen LogP contribution is -2.27. The summed E-state index contributed by atoms with van der Waals surface area (Å²) in [6, 6.07) is 10.0. The Kier molecular flexibility index (Phi) is 6.99. The van der Waals surface area contributed by atoms with Crippen molar-refractivity contribution in [3.8, 4) is 6.07 Å². The van der Waals surface area contributed by atoms with E-state index >= 15 is 0 Å². The molecular weight excluding hydrogens is 426 g/mol. The Labute approximate surface area is 191 Å². The van der Waals surface area contributed by atoms with E-state index in [2.05, 4.69) is 10.3 Å². The van der Waals surface area contributed by atoms with Gasteiger partial charge in [-0.3, -0.25) is 9.59 Å². The van der Waals surface area contributed by atoms with Gasteiger partial charge in [0.25, 0.3) is 0 Å². The number of aromatic nitrogens is 1. The molecule has 1 aliphatic carbocycles. The summed E-state index contributed by atoms with van der Waals surface area (Å²) in [7, 11) is 0. The second-order valence-electron chi connectivity index (χ2n) is 8.65. The van der Waals surface area contributed by atoms with E-state index in [1.54, 1.807) is 36.6 Å². The Morgan fingerprint density at radius 2 is 1.88 bits per heavy atom. The fourth-order valence-corrected chi connectivity index (χ4v) is 3.45. The molecule has 2 aromatic rings. The topological polar surface area (TPSA) is 109 Å². The Hall–Kier alpha value is -3.18. The highest BCUT2D eigenvalue weighted by Gasteiger charge is 2.29. The van der Waals surface area contributed by atoms with Crippen LogP contribution in [0.15, 0.2) is 35.4 Å². The van der Waals surface area contributed by atoms with E-state index in [1.807, 2.05) is 26.8 Å². The molecule has 1 saturated carbocycles. The number of amides is 1. The maximum Gasteiger partial charge on any atom is 0.340 e. The second-order valence-corrected chi connectivity index (χ2v) is 9.44. The minimum atomic E-state index is -0.719. The lowest BCUT2D eigenvalue weighted by Gasteiger charge is -2.17. The van der Waals surface area contributed by atoms with Gasteiger partial charge in [0.1, 0.15) is 11.1 Å². The minimum absolute atomic E-state index is 0.133. The molecule has 1 fully saturated rings. The van der Waals surface area contributed by atoms with Crippen LogP contribution in [0.4, 0.5) is 5.69 Å². The summed E-state index contributed by atoms with van der Waals surface area (Å²) in [4.78, 5) is 41.7. The fraction of sp³-hybridized carbons (Fsp3) is 0.375. The second kappa shape index (κ2) is 9.53. The van der Waals surface area contributed by atoms with Crippen LogP contribution in [0.5, 0.6) is 0 Å². The van der Waals surface area contributed by atoms with Crippen molar-refractivity contribution in [1.29, 1.82) is 5.26 Å². The van der Waals surface area contributed by atoms with Crippen LogP contribution >= 0.6 is 11.8 Å². The van der Waals surface area contributed by atoms with E-state index in [4.69, 9.17) is 4.74 Å². The zero-order valence-electron chi connectivity index (χ0n) is 18.5. The number of anilines is 1. The number of nitriles is 1. The van der Waals surface area contributed by atoms with Gasteiger partial charge < -0.3 is 10.1 Å². The average Bonchev–Trinajstić information content (AvgIpc) is 3.61. The van der Waals surface area contributed by atoms with E-state index in [0.29, 0.717) is 22.2 Å². The number of pyridine rings is 1. The molecule has 0 saturated heterocycles. The van der Waals surface area contributed by atoms with Gasteiger partial charge in [-0.25, -0.2) is 9.78 Å². The molecule has 1 aromatic heterocycles. The number of hydrogen-bond donors (Lipinski definition) is 1. The van der Waals surface area contributed by atoms with Crippen LogP contribution in [0, 0.1) is 16.7 Å². The molecular formula is C24H25N3O4S. The predicted molar refractivity (Wildman–Crippen MR) is 122 cm³/mol. The fourth-order valence-electron chi connectivity index (χ4n) is 2.90. The molecule has 1 aromatic carbocycles. The predicted octanol–water partition coefficient (Wildman–Crippen LogP) is 4.58. The monoisotopic (exact) mass is 451 g/mol. The smallest absolute Gasteiger partial charge is 0.340 e. The van der Waals surface area contributed by atoms with Crippen molar-refractivity contribution in [1.82, 2.24) is 4.98 Å². The molecule has 166 valence electrons. The molecule has 7 nitrogen and oxygen atoms in total. The summed E-state index contributed by atoms with van der Waals surface area (Å²) in [5.74, 6) is -0.930. The van der Waals surface area contributed by atoms with Gasteiger partial charge in [-0.05, 0) is 49.4 Å². The van der Waals surface area contributed by atoms with Crippen LogP contribution in [0.3, 0.4) is 0 Å². The highest BCUT2D eigenvalue weighted by atomic mass is 32.2. The Bertz CT molecular complexity index is 1090. The molecule has 0 spiro atoms. The number of ether oxygens (including phenoxy) is 1. The largest absolute Gasteiger partial charge is 0.454 e. The van der Waals surface area contributed by atoms with Crippen LogP contribution in [-0.4, -0.2) is 35.5 Å². The van der Waals surface area contributed by atoms with Crippen LogP contribution in [-0.2, 0) is 9.53 Å². The van der Waals surface area contributed by atoms with Crippen LogP contribution < -0.4 is 5.32 Å². The molecule has 0 bridgehead atoms. The number of nitrogens with zero attached hydrogens (tertiary/aromatic N) is 2. The van der Waals surface area contributed by atoms with E-state index < -0.39 is 18.0 Å². The number of nitrogens with one attached hydrogen (secondary N) is 1. The van der Waals surface area contributed by atoms with Crippen LogP contribution in [0.1, 0.15) is 71.5 Å². The third-order valence-corrected chi connectivity index (χ3v) is 5.69. The maximum atomic E-state index is 12.7. The number of carbonyl (C=O) groups excluding carboxylic acids is 3. The van der Waals surface area contributed by atoms with Crippen molar-refractivity contribution >= 4 is 35.1 Å². The third kappa shape index (κ3) is 5.54. The molecule has 32 heavy (non-hydrogen) atoms. The molecule has 0 atom stereocenters. The number of benzene rings is 1. The van der Waals surface area contributed by atoms with Gasteiger partial charge in [0.2, 0.25) is 5.91 Å².